The summed E-state index contributed by atoms with van der Waals surface area (Å²) in [7, 11) is 0. The minimum absolute atomic E-state index is 0.0839. The van der Waals surface area contributed by atoms with Crippen LogP contribution >= 0.6 is 11.6 Å². The highest BCUT2D eigenvalue weighted by atomic mass is 35.5. The highest BCUT2D eigenvalue weighted by Gasteiger charge is 2.15. The van der Waals surface area contributed by atoms with E-state index in [1.165, 1.54) is 0 Å². The van der Waals surface area contributed by atoms with E-state index in [4.69, 9.17) is 16.3 Å². The number of nitrogens with zero attached hydrogens (tertiary/aromatic N) is 1. The molecule has 1 aromatic rings. The average Bonchev–Trinajstić information content (AvgIpc) is 2.30. The van der Waals surface area contributed by atoms with Crippen molar-refractivity contribution in [3.05, 3.63) is 34.9 Å². The van der Waals surface area contributed by atoms with Crippen molar-refractivity contribution in [2.75, 3.05) is 32.8 Å². The third kappa shape index (κ3) is 3.04. The maximum absolute atomic E-state index is 11.9. The van der Waals surface area contributed by atoms with E-state index in [1.807, 2.05) is 0 Å². The maximum atomic E-state index is 11.9. The fraction of sp³-hybridized carbons (Fsp3) is 0.417. The van der Waals surface area contributed by atoms with Gasteiger partial charge in [-0.25, -0.2) is 0 Å². The molecule has 1 aromatic carbocycles. The lowest BCUT2D eigenvalue weighted by atomic mass is 10.1. The summed E-state index contributed by atoms with van der Waals surface area (Å²) in [6.07, 6.45) is 0. The first-order valence-corrected chi connectivity index (χ1v) is 5.63. The quantitative estimate of drug-likeness (QED) is 0.750. The van der Waals surface area contributed by atoms with Crippen LogP contribution in [0, 0.1) is 6.07 Å². The molecule has 1 radical (unpaired) electrons. The molecule has 1 fully saturated rings. The lowest BCUT2D eigenvalue weighted by molar-refractivity contribution is 0.0371. The first kappa shape index (κ1) is 11.6. The van der Waals surface area contributed by atoms with Crippen LogP contribution in [0.1, 0.15) is 10.4 Å². The molecule has 1 saturated heterocycles. The fourth-order valence-corrected chi connectivity index (χ4v) is 1.84. The molecule has 0 aromatic heterocycles. The Bertz CT molecular complexity index is 375. The summed E-state index contributed by atoms with van der Waals surface area (Å²) < 4.78 is 5.23. The SMILES string of the molecule is O=C(CN1CCOCC1)c1c[c]cc(Cl)c1. The zero-order valence-corrected chi connectivity index (χ0v) is 9.67. The van der Waals surface area contributed by atoms with Crippen molar-refractivity contribution in [3.63, 3.8) is 0 Å². The largest absolute Gasteiger partial charge is 0.379 e. The van der Waals surface area contributed by atoms with Crippen LogP contribution in [0.5, 0.6) is 0 Å². The molecule has 0 N–H and O–H groups in total. The van der Waals surface area contributed by atoms with Crippen molar-refractivity contribution >= 4 is 17.4 Å². The van der Waals surface area contributed by atoms with Crippen molar-refractivity contribution in [3.8, 4) is 0 Å². The second-order valence-electron chi connectivity index (χ2n) is 3.75. The molecule has 0 atom stereocenters. The minimum atomic E-state index is 0.0839. The maximum Gasteiger partial charge on any atom is 0.176 e. The molecule has 1 heterocycles. The van der Waals surface area contributed by atoms with Gasteiger partial charge >= 0.3 is 0 Å². The summed E-state index contributed by atoms with van der Waals surface area (Å²) in [6.45, 7) is 3.47. The van der Waals surface area contributed by atoms with Crippen molar-refractivity contribution in [2.24, 2.45) is 0 Å². The van der Waals surface area contributed by atoms with Gasteiger partial charge in [0.1, 0.15) is 0 Å². The predicted molar refractivity (Wildman–Crippen MR) is 61.9 cm³/mol. The summed E-state index contributed by atoms with van der Waals surface area (Å²) in [5.74, 6) is 0.0839. The van der Waals surface area contributed by atoms with Gasteiger partial charge in [0.15, 0.2) is 5.78 Å². The third-order valence-corrected chi connectivity index (χ3v) is 2.76. The Morgan fingerprint density at radius 3 is 2.88 bits per heavy atom. The summed E-state index contributed by atoms with van der Waals surface area (Å²) in [4.78, 5) is 14.0. The molecule has 2 rings (SSSR count). The van der Waals surface area contributed by atoms with Crippen LogP contribution in [0.3, 0.4) is 0 Å². The first-order chi connectivity index (χ1) is 7.75. The van der Waals surface area contributed by atoms with Gasteiger partial charge in [0.25, 0.3) is 0 Å². The molecule has 0 amide bonds. The van der Waals surface area contributed by atoms with Gasteiger partial charge in [0.05, 0.1) is 19.8 Å². The number of carbonyl (C=O) groups excluding carboxylic acids is 1. The Morgan fingerprint density at radius 1 is 1.44 bits per heavy atom. The van der Waals surface area contributed by atoms with Gasteiger partial charge in [-0.15, -0.1) is 0 Å². The second kappa shape index (κ2) is 5.43. The lowest BCUT2D eigenvalue weighted by Crippen LogP contribution is -2.39. The van der Waals surface area contributed by atoms with Crippen molar-refractivity contribution in [1.82, 2.24) is 4.90 Å². The van der Waals surface area contributed by atoms with Crippen molar-refractivity contribution in [2.45, 2.75) is 0 Å². The van der Waals surface area contributed by atoms with E-state index in [0.29, 0.717) is 30.3 Å². The van der Waals surface area contributed by atoms with E-state index >= 15 is 0 Å². The summed E-state index contributed by atoms with van der Waals surface area (Å²) in [5.41, 5.74) is 0.624. The third-order valence-electron chi connectivity index (χ3n) is 2.55. The van der Waals surface area contributed by atoms with Gasteiger partial charge in [0.2, 0.25) is 0 Å². The van der Waals surface area contributed by atoms with Gasteiger partial charge in [0, 0.05) is 23.7 Å². The number of morpholine rings is 1. The Labute approximate surface area is 100.0 Å². The summed E-state index contributed by atoms with van der Waals surface area (Å²) in [5, 5.41) is 0.549. The van der Waals surface area contributed by atoms with Crippen LogP contribution in [0.2, 0.25) is 5.02 Å². The average molecular weight is 239 g/mol. The molecule has 0 aliphatic carbocycles. The molecule has 0 saturated carbocycles. The Morgan fingerprint density at radius 2 is 2.19 bits per heavy atom. The second-order valence-corrected chi connectivity index (χ2v) is 4.19. The van der Waals surface area contributed by atoms with Gasteiger partial charge in [-0.1, -0.05) is 11.6 Å². The van der Waals surface area contributed by atoms with Gasteiger partial charge < -0.3 is 4.74 Å². The molecule has 16 heavy (non-hydrogen) atoms. The van der Waals surface area contributed by atoms with Crippen molar-refractivity contribution < 1.29 is 9.53 Å². The van der Waals surface area contributed by atoms with E-state index in [0.717, 1.165) is 13.1 Å². The Kier molecular flexibility index (Phi) is 3.93. The Balaban J connectivity index is 1.97. The molecule has 3 nitrogen and oxygen atoms in total. The van der Waals surface area contributed by atoms with Gasteiger partial charge in [-0.05, 0) is 24.3 Å². The standard InChI is InChI=1S/C12H13ClNO2/c13-11-3-1-2-10(8-11)12(15)9-14-4-6-16-7-5-14/h2-3,8H,4-7,9H2. The van der Waals surface area contributed by atoms with Gasteiger partial charge in [-0.2, -0.15) is 0 Å². The molecule has 0 unspecified atom stereocenters. The van der Waals surface area contributed by atoms with Crippen LogP contribution in [0.15, 0.2) is 18.2 Å². The number of Topliss-reactive ketones (excluding diaryl/α,β-unsaturated/α-hetero) is 1. The van der Waals surface area contributed by atoms with Crippen LogP contribution in [0.25, 0.3) is 0 Å². The van der Waals surface area contributed by atoms with E-state index in [1.54, 1.807) is 18.2 Å². The molecule has 85 valence electrons. The van der Waals surface area contributed by atoms with Crippen LogP contribution in [-0.4, -0.2) is 43.5 Å². The zero-order chi connectivity index (χ0) is 11.4. The molecular weight excluding hydrogens is 226 g/mol. The smallest absolute Gasteiger partial charge is 0.176 e. The highest BCUT2D eigenvalue weighted by molar-refractivity contribution is 6.30. The van der Waals surface area contributed by atoms with E-state index < -0.39 is 0 Å². The number of rotatable bonds is 3. The lowest BCUT2D eigenvalue weighted by Gasteiger charge is -2.25. The number of ketones is 1. The minimum Gasteiger partial charge on any atom is -0.379 e. The molecule has 1 aliphatic heterocycles. The topological polar surface area (TPSA) is 29.5 Å². The number of halogens is 1. The molecular formula is C12H13ClNO2. The van der Waals surface area contributed by atoms with Crippen LogP contribution in [0.4, 0.5) is 0 Å². The summed E-state index contributed by atoms with van der Waals surface area (Å²) in [6, 6.07) is 7.85. The van der Waals surface area contributed by atoms with Crippen LogP contribution < -0.4 is 0 Å². The van der Waals surface area contributed by atoms with E-state index in [-0.39, 0.29) is 5.78 Å². The number of benzene rings is 1. The van der Waals surface area contributed by atoms with Crippen LogP contribution in [-0.2, 0) is 4.74 Å². The number of hydrogen-bond acceptors (Lipinski definition) is 3. The van der Waals surface area contributed by atoms with E-state index in [9.17, 15) is 4.79 Å². The van der Waals surface area contributed by atoms with E-state index in [2.05, 4.69) is 11.0 Å². The monoisotopic (exact) mass is 238 g/mol. The normalized spacial score (nSPS) is 17.3. The first-order valence-electron chi connectivity index (χ1n) is 5.25. The molecule has 1 aliphatic rings. The summed E-state index contributed by atoms with van der Waals surface area (Å²) >= 11 is 5.81. The number of ether oxygens (including phenoxy) is 1. The Hall–Kier alpha value is -0.900. The molecule has 0 bridgehead atoms. The fourth-order valence-electron chi connectivity index (χ4n) is 1.66. The molecule has 4 heteroatoms. The molecule has 0 spiro atoms. The predicted octanol–water partition coefficient (Wildman–Crippen LogP) is 1.66. The highest BCUT2D eigenvalue weighted by Crippen LogP contribution is 2.11. The van der Waals surface area contributed by atoms with Crippen molar-refractivity contribution in [1.29, 1.82) is 0 Å². The number of carbonyl (C=O) groups is 1. The number of hydrogen-bond donors (Lipinski definition) is 0. The zero-order valence-electron chi connectivity index (χ0n) is 8.91. The van der Waals surface area contributed by atoms with Gasteiger partial charge in [-0.3, -0.25) is 9.69 Å².